The fraction of sp³-hybridized carbons (Fsp3) is 0.250. The van der Waals surface area contributed by atoms with E-state index in [1.165, 1.54) is 7.11 Å². The van der Waals surface area contributed by atoms with Gasteiger partial charge < -0.3 is 17.7 Å². The fourth-order valence-corrected chi connectivity index (χ4v) is 1.64. The molecule has 1 aromatic rings. The zero-order valence-electron chi connectivity index (χ0n) is 8.54. The molecule has 15 heavy (non-hydrogen) atoms. The largest absolute Gasteiger partial charge is 1.00 e. The van der Waals surface area contributed by atoms with Crippen LogP contribution < -0.4 is 56.1 Å². The molecule has 7 heteroatoms. The van der Waals surface area contributed by atoms with Crippen LogP contribution >= 0.6 is 11.8 Å². The molecule has 1 rings (SSSR count). The summed E-state index contributed by atoms with van der Waals surface area (Å²) in [5.41, 5.74) is -0.812. The summed E-state index contributed by atoms with van der Waals surface area (Å²) < 4.78 is 40.7. The minimum absolute atomic E-state index is 0. The van der Waals surface area contributed by atoms with Crippen molar-refractivity contribution in [1.82, 2.24) is 0 Å². The number of hydrogen-bond acceptors (Lipinski definition) is 2. The summed E-state index contributed by atoms with van der Waals surface area (Å²) >= 11 is 0.780. The molecule has 0 aromatic heterocycles. The van der Waals surface area contributed by atoms with Crippen LogP contribution in [0.15, 0.2) is 29.2 Å². The molecular weight excluding hydrogens is 251 g/mol. The van der Waals surface area contributed by atoms with Gasteiger partial charge in [0.15, 0.2) is 0 Å². The standard InChI is InChI=1S/C8H9BF3OS.K/c1-13-7-3-2-4-8(5-7)14-6-9(10,11)12;/h2-5H,6H2,1H3;/q-1;+1. The Morgan fingerprint density at radius 2 is 2.00 bits per heavy atom. The minimum Gasteiger partial charge on any atom is -0.497 e. The van der Waals surface area contributed by atoms with E-state index in [1.807, 2.05) is 0 Å². The van der Waals surface area contributed by atoms with E-state index in [-0.39, 0.29) is 51.4 Å². The maximum absolute atomic E-state index is 11.9. The first-order valence-corrected chi connectivity index (χ1v) is 4.98. The predicted octanol–water partition coefficient (Wildman–Crippen LogP) is 0.178. The van der Waals surface area contributed by atoms with Gasteiger partial charge in [-0.2, -0.15) is 11.8 Å². The van der Waals surface area contributed by atoms with Crippen molar-refractivity contribution in [3.05, 3.63) is 24.3 Å². The van der Waals surface area contributed by atoms with Crippen LogP contribution in [-0.4, -0.2) is 19.7 Å². The number of thioether (sulfide) groups is 1. The topological polar surface area (TPSA) is 9.23 Å². The summed E-state index contributed by atoms with van der Waals surface area (Å²) in [5, 5.41) is 0. The second kappa shape index (κ2) is 7.24. The Morgan fingerprint density at radius 3 is 2.53 bits per heavy atom. The van der Waals surface area contributed by atoms with Crippen LogP contribution in [-0.2, 0) is 0 Å². The molecule has 0 aliphatic heterocycles. The van der Waals surface area contributed by atoms with E-state index < -0.39 is 12.6 Å². The molecular formula is C8H9BF3KOS. The SMILES string of the molecule is COc1cccc(SC[B-](F)(F)F)c1.[K+]. The molecule has 0 amide bonds. The third kappa shape index (κ3) is 6.91. The third-order valence-corrected chi connectivity index (χ3v) is 2.61. The van der Waals surface area contributed by atoms with Gasteiger partial charge in [-0.3, -0.25) is 0 Å². The number of rotatable bonds is 4. The van der Waals surface area contributed by atoms with Gasteiger partial charge in [0, 0.05) is 4.90 Å². The van der Waals surface area contributed by atoms with E-state index in [9.17, 15) is 12.9 Å². The van der Waals surface area contributed by atoms with Gasteiger partial charge in [-0.15, -0.1) is 0 Å². The Kier molecular flexibility index (Phi) is 7.65. The molecule has 1 aromatic carbocycles. The van der Waals surface area contributed by atoms with Crippen molar-refractivity contribution in [3.63, 3.8) is 0 Å². The van der Waals surface area contributed by atoms with Gasteiger partial charge in [0.1, 0.15) is 5.75 Å². The monoisotopic (exact) mass is 260 g/mol. The Morgan fingerprint density at radius 1 is 1.33 bits per heavy atom. The number of methoxy groups -OCH3 is 1. The van der Waals surface area contributed by atoms with Gasteiger partial charge in [-0.05, 0) is 23.9 Å². The van der Waals surface area contributed by atoms with E-state index in [1.54, 1.807) is 24.3 Å². The average Bonchev–Trinajstić information content (AvgIpc) is 2.14. The molecule has 0 aliphatic carbocycles. The van der Waals surface area contributed by atoms with Crippen LogP contribution in [0.2, 0.25) is 0 Å². The van der Waals surface area contributed by atoms with Gasteiger partial charge in [0.05, 0.1) is 7.11 Å². The number of benzene rings is 1. The summed E-state index contributed by atoms with van der Waals surface area (Å²) in [4.78, 5) is 0.573. The van der Waals surface area contributed by atoms with Crippen LogP contribution in [0.25, 0.3) is 0 Å². The third-order valence-electron chi connectivity index (χ3n) is 1.48. The van der Waals surface area contributed by atoms with Gasteiger partial charge in [0.25, 0.3) is 0 Å². The normalized spacial score (nSPS) is 10.7. The van der Waals surface area contributed by atoms with Crippen LogP contribution in [0.4, 0.5) is 12.9 Å². The molecule has 0 N–H and O–H groups in total. The number of hydrogen-bond donors (Lipinski definition) is 0. The quantitative estimate of drug-likeness (QED) is 0.564. The minimum atomic E-state index is -4.72. The van der Waals surface area contributed by atoms with Crippen molar-refractivity contribution in [2.24, 2.45) is 0 Å². The first-order chi connectivity index (χ1) is 6.51. The van der Waals surface area contributed by atoms with Crippen molar-refractivity contribution < 1.29 is 69.1 Å². The van der Waals surface area contributed by atoms with E-state index in [0.29, 0.717) is 10.6 Å². The number of ether oxygens (including phenoxy) is 1. The number of halogens is 3. The molecule has 0 atom stereocenters. The van der Waals surface area contributed by atoms with Crippen LogP contribution in [0.5, 0.6) is 5.75 Å². The molecule has 0 heterocycles. The Balaban J connectivity index is 0.00000196. The first-order valence-electron chi connectivity index (χ1n) is 3.99. The zero-order valence-corrected chi connectivity index (χ0v) is 12.5. The first kappa shape index (κ1) is 15.9. The fourth-order valence-electron chi connectivity index (χ4n) is 0.882. The second-order valence-corrected chi connectivity index (χ2v) is 3.79. The Hall–Kier alpha value is 0.861. The van der Waals surface area contributed by atoms with Gasteiger partial charge >= 0.3 is 58.4 Å². The molecule has 0 saturated carbocycles. The van der Waals surface area contributed by atoms with E-state index in [2.05, 4.69) is 0 Å². The van der Waals surface area contributed by atoms with Crippen LogP contribution in [0, 0.1) is 0 Å². The van der Waals surface area contributed by atoms with Crippen molar-refractivity contribution >= 4 is 18.7 Å². The molecule has 0 spiro atoms. The van der Waals surface area contributed by atoms with Gasteiger partial charge in [-0.25, -0.2) is 0 Å². The second-order valence-electron chi connectivity index (χ2n) is 2.70. The maximum atomic E-state index is 11.9. The maximum Gasteiger partial charge on any atom is 1.00 e. The molecule has 0 saturated heterocycles. The Labute approximate surface area is 134 Å². The van der Waals surface area contributed by atoms with Crippen molar-refractivity contribution in [1.29, 1.82) is 0 Å². The zero-order chi connectivity index (χ0) is 10.6. The van der Waals surface area contributed by atoms with Crippen LogP contribution in [0.3, 0.4) is 0 Å². The Bertz CT molecular complexity index is 308. The summed E-state index contributed by atoms with van der Waals surface area (Å²) in [6.07, 6.45) is 0. The average molecular weight is 260 g/mol. The van der Waals surface area contributed by atoms with E-state index >= 15 is 0 Å². The van der Waals surface area contributed by atoms with Crippen molar-refractivity contribution in [3.8, 4) is 5.75 Å². The van der Waals surface area contributed by atoms with E-state index in [0.717, 1.165) is 11.8 Å². The van der Waals surface area contributed by atoms with Crippen LogP contribution in [0.1, 0.15) is 0 Å². The van der Waals surface area contributed by atoms with E-state index in [4.69, 9.17) is 4.74 Å². The molecule has 0 bridgehead atoms. The summed E-state index contributed by atoms with van der Waals surface area (Å²) in [5.74, 6) is 0.574. The van der Waals surface area contributed by atoms with Gasteiger partial charge in [-0.1, -0.05) is 6.07 Å². The summed E-state index contributed by atoms with van der Waals surface area (Å²) in [6, 6.07) is 6.59. The molecule has 0 radical (unpaired) electrons. The van der Waals surface area contributed by atoms with Crippen molar-refractivity contribution in [2.75, 3.05) is 12.8 Å². The summed E-state index contributed by atoms with van der Waals surface area (Å²) in [7, 11) is 1.48. The predicted molar refractivity (Wildman–Crippen MR) is 52.8 cm³/mol. The van der Waals surface area contributed by atoms with Crippen molar-refractivity contribution in [2.45, 2.75) is 4.90 Å². The molecule has 1 nitrogen and oxygen atoms in total. The molecule has 0 aliphatic rings. The smallest absolute Gasteiger partial charge is 0.497 e. The molecule has 0 fully saturated rings. The molecule has 78 valence electrons. The van der Waals surface area contributed by atoms with Gasteiger partial charge in [0.2, 0.25) is 0 Å². The molecule has 0 unspecified atom stereocenters. The summed E-state index contributed by atoms with van der Waals surface area (Å²) in [6.45, 7) is -4.72.